The molecular weight excluding hydrogens is 264 g/mol. The maximum atomic E-state index is 11.9. The third kappa shape index (κ3) is 2.96. The van der Waals surface area contributed by atoms with Crippen LogP contribution in [0.1, 0.15) is 40.1 Å². The first kappa shape index (κ1) is 14.0. The van der Waals surface area contributed by atoms with E-state index in [2.05, 4.69) is 5.32 Å². The first-order chi connectivity index (χ1) is 9.17. The molecule has 1 aromatic heterocycles. The number of anilines is 1. The van der Waals surface area contributed by atoms with Gasteiger partial charge in [0, 0.05) is 11.3 Å². The normalized spacial score (nSPS) is 13.2. The fourth-order valence-corrected chi connectivity index (χ4v) is 3.56. The number of aryl methyl sites for hydroxylation is 1. The fourth-order valence-electron chi connectivity index (χ4n) is 2.26. The van der Waals surface area contributed by atoms with Gasteiger partial charge in [-0.2, -0.15) is 0 Å². The lowest BCUT2D eigenvalue weighted by molar-refractivity contribution is -0.116. The van der Waals surface area contributed by atoms with Crippen molar-refractivity contribution in [3.8, 4) is 0 Å². The highest BCUT2D eigenvalue weighted by molar-refractivity contribution is 7.17. The van der Waals surface area contributed by atoms with E-state index in [1.807, 2.05) is 0 Å². The Balaban J connectivity index is 2.20. The highest BCUT2D eigenvalue weighted by atomic mass is 32.1. The number of esters is 1. The number of fused-ring (bicyclic) bond motifs is 1. The molecule has 0 unspecified atom stereocenters. The Bertz CT molecular complexity index is 496. The third-order valence-corrected chi connectivity index (χ3v) is 4.38. The lowest BCUT2D eigenvalue weighted by atomic mass is 10.1. The van der Waals surface area contributed by atoms with Gasteiger partial charge in [0.05, 0.1) is 12.7 Å². The summed E-state index contributed by atoms with van der Waals surface area (Å²) in [7, 11) is 1.36. The van der Waals surface area contributed by atoms with Crippen molar-refractivity contribution in [2.75, 3.05) is 19.0 Å². The van der Waals surface area contributed by atoms with Gasteiger partial charge in [-0.1, -0.05) is 0 Å². The second-order valence-corrected chi connectivity index (χ2v) is 5.60. The fraction of sp³-hybridized carbons (Fsp3) is 0.538. The molecule has 0 saturated heterocycles. The van der Waals surface area contributed by atoms with E-state index >= 15 is 0 Å². The smallest absolute Gasteiger partial charge is 0.341 e. The molecule has 1 amide bonds. The van der Waals surface area contributed by atoms with Gasteiger partial charge in [0.15, 0.2) is 0 Å². The van der Waals surface area contributed by atoms with E-state index in [4.69, 9.17) is 10.5 Å². The van der Waals surface area contributed by atoms with E-state index in [1.54, 1.807) is 0 Å². The molecule has 104 valence electrons. The number of carbonyl (C=O) groups is 2. The Kier molecular flexibility index (Phi) is 4.55. The first-order valence-electron chi connectivity index (χ1n) is 6.40. The number of hydrogen-bond donors (Lipinski definition) is 2. The predicted octanol–water partition coefficient (Wildman–Crippen LogP) is 1.70. The summed E-state index contributed by atoms with van der Waals surface area (Å²) in [5.74, 6) is -0.468. The molecule has 0 radical (unpaired) electrons. The van der Waals surface area contributed by atoms with Crippen molar-refractivity contribution in [3.63, 3.8) is 0 Å². The van der Waals surface area contributed by atoms with Crippen molar-refractivity contribution >= 4 is 28.2 Å². The highest BCUT2D eigenvalue weighted by Crippen LogP contribution is 2.39. The SMILES string of the molecule is COC(=O)c1c(NC(=O)CCCN)sc2c1CCC2. The molecule has 5 nitrogen and oxygen atoms in total. The van der Waals surface area contributed by atoms with Crippen molar-refractivity contribution < 1.29 is 14.3 Å². The Labute approximate surface area is 116 Å². The Morgan fingerprint density at radius 2 is 2.21 bits per heavy atom. The van der Waals surface area contributed by atoms with Crippen molar-refractivity contribution in [3.05, 3.63) is 16.0 Å². The van der Waals surface area contributed by atoms with Gasteiger partial charge in [-0.25, -0.2) is 4.79 Å². The average molecular weight is 282 g/mol. The van der Waals surface area contributed by atoms with Gasteiger partial charge in [-0.05, 0) is 37.8 Å². The summed E-state index contributed by atoms with van der Waals surface area (Å²) in [5, 5.41) is 3.44. The highest BCUT2D eigenvalue weighted by Gasteiger charge is 2.27. The van der Waals surface area contributed by atoms with Crippen LogP contribution >= 0.6 is 11.3 Å². The van der Waals surface area contributed by atoms with Crippen LogP contribution in [-0.4, -0.2) is 25.5 Å². The van der Waals surface area contributed by atoms with Gasteiger partial charge in [-0.15, -0.1) is 11.3 Å². The lowest BCUT2D eigenvalue weighted by Gasteiger charge is -2.06. The second kappa shape index (κ2) is 6.16. The maximum absolute atomic E-state index is 11.9. The molecule has 2 rings (SSSR count). The molecular formula is C13H18N2O3S. The molecule has 1 aliphatic carbocycles. The van der Waals surface area contributed by atoms with Crippen molar-refractivity contribution in [1.29, 1.82) is 0 Å². The molecule has 1 aliphatic rings. The molecule has 3 N–H and O–H groups in total. The van der Waals surface area contributed by atoms with Crippen LogP contribution in [0.4, 0.5) is 5.00 Å². The number of methoxy groups -OCH3 is 1. The number of nitrogens with two attached hydrogens (primary N) is 1. The monoisotopic (exact) mass is 282 g/mol. The van der Waals surface area contributed by atoms with Gasteiger partial charge in [-0.3, -0.25) is 4.79 Å². The molecule has 0 bridgehead atoms. The van der Waals surface area contributed by atoms with E-state index in [0.717, 1.165) is 24.8 Å². The van der Waals surface area contributed by atoms with Crippen LogP contribution in [0.25, 0.3) is 0 Å². The van der Waals surface area contributed by atoms with Gasteiger partial charge in [0.25, 0.3) is 0 Å². The zero-order valence-electron chi connectivity index (χ0n) is 11.0. The lowest BCUT2D eigenvalue weighted by Crippen LogP contribution is -2.15. The van der Waals surface area contributed by atoms with Crippen LogP contribution in [0.15, 0.2) is 0 Å². The van der Waals surface area contributed by atoms with E-state index in [-0.39, 0.29) is 11.9 Å². The molecule has 0 aliphatic heterocycles. The number of thiophene rings is 1. The minimum atomic E-state index is -0.367. The summed E-state index contributed by atoms with van der Waals surface area (Å²) >= 11 is 1.49. The van der Waals surface area contributed by atoms with E-state index < -0.39 is 0 Å². The quantitative estimate of drug-likeness (QED) is 0.805. The summed E-state index contributed by atoms with van der Waals surface area (Å²) in [4.78, 5) is 24.8. The molecule has 0 atom stereocenters. The van der Waals surface area contributed by atoms with Crippen LogP contribution in [0, 0.1) is 0 Å². The molecule has 1 aromatic rings. The van der Waals surface area contributed by atoms with Crippen molar-refractivity contribution in [2.45, 2.75) is 32.1 Å². The Hall–Kier alpha value is -1.40. The number of hydrogen-bond acceptors (Lipinski definition) is 5. The number of nitrogens with one attached hydrogen (secondary N) is 1. The molecule has 6 heteroatoms. The van der Waals surface area contributed by atoms with Crippen LogP contribution < -0.4 is 11.1 Å². The van der Waals surface area contributed by atoms with Gasteiger partial charge < -0.3 is 15.8 Å². The zero-order chi connectivity index (χ0) is 13.8. The third-order valence-electron chi connectivity index (χ3n) is 3.17. The van der Waals surface area contributed by atoms with E-state index in [1.165, 1.54) is 23.3 Å². The molecule has 0 saturated carbocycles. The van der Waals surface area contributed by atoms with Crippen LogP contribution in [-0.2, 0) is 22.4 Å². The first-order valence-corrected chi connectivity index (χ1v) is 7.21. The van der Waals surface area contributed by atoms with Crippen LogP contribution in [0.5, 0.6) is 0 Å². The topological polar surface area (TPSA) is 81.4 Å². The molecule has 0 aromatic carbocycles. The predicted molar refractivity (Wildman–Crippen MR) is 74.6 cm³/mol. The minimum Gasteiger partial charge on any atom is -0.465 e. The summed E-state index contributed by atoms with van der Waals surface area (Å²) in [6.45, 7) is 0.484. The summed E-state index contributed by atoms with van der Waals surface area (Å²) in [6.07, 6.45) is 3.94. The van der Waals surface area contributed by atoms with Gasteiger partial charge in [0.2, 0.25) is 5.91 Å². The van der Waals surface area contributed by atoms with Gasteiger partial charge >= 0.3 is 5.97 Å². The molecule has 0 spiro atoms. The summed E-state index contributed by atoms with van der Waals surface area (Å²) in [6, 6.07) is 0. The minimum absolute atomic E-state index is 0.101. The van der Waals surface area contributed by atoms with Crippen molar-refractivity contribution in [1.82, 2.24) is 0 Å². The molecule has 0 fully saturated rings. The van der Waals surface area contributed by atoms with Crippen LogP contribution in [0.3, 0.4) is 0 Å². The second-order valence-electron chi connectivity index (χ2n) is 4.49. The standard InChI is InChI=1S/C13H18N2O3S/c1-18-13(17)11-8-4-2-5-9(8)19-12(11)15-10(16)6-3-7-14/h2-7,14H2,1H3,(H,15,16). The number of carbonyl (C=O) groups excluding carboxylic acids is 2. The molecule has 19 heavy (non-hydrogen) atoms. The Morgan fingerprint density at radius 3 is 2.89 bits per heavy atom. The largest absolute Gasteiger partial charge is 0.465 e. The summed E-state index contributed by atoms with van der Waals surface area (Å²) in [5.41, 5.74) is 6.97. The van der Waals surface area contributed by atoms with Gasteiger partial charge in [0.1, 0.15) is 5.00 Å². The zero-order valence-corrected chi connectivity index (χ0v) is 11.8. The number of rotatable bonds is 5. The van der Waals surface area contributed by atoms with E-state index in [9.17, 15) is 9.59 Å². The average Bonchev–Trinajstić information content (AvgIpc) is 2.95. The number of amides is 1. The van der Waals surface area contributed by atoms with Crippen LogP contribution in [0.2, 0.25) is 0 Å². The van der Waals surface area contributed by atoms with Crippen molar-refractivity contribution in [2.24, 2.45) is 5.73 Å². The molecule has 1 heterocycles. The summed E-state index contributed by atoms with van der Waals surface area (Å²) < 4.78 is 4.82. The maximum Gasteiger partial charge on any atom is 0.341 e. The van der Waals surface area contributed by atoms with E-state index in [0.29, 0.717) is 30.0 Å². The Morgan fingerprint density at radius 1 is 1.42 bits per heavy atom. The number of ether oxygens (including phenoxy) is 1.